The summed E-state index contributed by atoms with van der Waals surface area (Å²) in [4.78, 5) is 32.6. The molecule has 2 rings (SSSR count). The Morgan fingerprint density at radius 2 is 2.09 bits per heavy atom. The molecule has 1 aliphatic rings. The Labute approximate surface area is 131 Å². The zero-order valence-corrected chi connectivity index (χ0v) is 12.0. The standard InChI is InChI=1S/C12H9ClF3N3O4/c13-7-3-9(19(22)23)6(5-1-10(20)17-4-5)2-8(7)18-11(21)12(14,15)16/h2-3,5H,1,4H2,(H,17,20)(H,18,21). The van der Waals surface area contributed by atoms with Gasteiger partial charge in [0.1, 0.15) is 0 Å². The number of nitro benzene ring substituents is 1. The molecule has 7 nitrogen and oxygen atoms in total. The normalized spacial score (nSPS) is 17.7. The molecule has 124 valence electrons. The van der Waals surface area contributed by atoms with E-state index in [1.165, 1.54) is 0 Å². The third-order valence-electron chi connectivity index (χ3n) is 3.24. The minimum Gasteiger partial charge on any atom is -0.355 e. The van der Waals surface area contributed by atoms with Crippen molar-refractivity contribution < 1.29 is 27.7 Å². The Morgan fingerprint density at radius 1 is 1.43 bits per heavy atom. The van der Waals surface area contributed by atoms with Crippen molar-refractivity contribution in [3.63, 3.8) is 0 Å². The van der Waals surface area contributed by atoms with Gasteiger partial charge in [-0.15, -0.1) is 0 Å². The lowest BCUT2D eigenvalue weighted by atomic mass is 9.96. The third-order valence-corrected chi connectivity index (χ3v) is 3.55. The van der Waals surface area contributed by atoms with Crippen molar-refractivity contribution in [1.29, 1.82) is 0 Å². The zero-order chi connectivity index (χ0) is 17.4. The highest BCUT2D eigenvalue weighted by atomic mass is 35.5. The molecule has 1 heterocycles. The smallest absolute Gasteiger partial charge is 0.355 e. The Balaban J connectivity index is 2.43. The average Bonchev–Trinajstić information content (AvgIpc) is 2.85. The maximum Gasteiger partial charge on any atom is 0.471 e. The molecule has 11 heteroatoms. The number of halogens is 4. The van der Waals surface area contributed by atoms with Crippen LogP contribution in [0.15, 0.2) is 12.1 Å². The van der Waals surface area contributed by atoms with Crippen LogP contribution in [0.25, 0.3) is 0 Å². The summed E-state index contributed by atoms with van der Waals surface area (Å²) in [5.41, 5.74) is -0.814. The predicted octanol–water partition coefficient (Wildman–Crippen LogP) is 2.35. The number of carbonyl (C=O) groups excluding carboxylic acids is 2. The first-order valence-corrected chi connectivity index (χ1v) is 6.60. The van der Waals surface area contributed by atoms with Gasteiger partial charge in [0.05, 0.1) is 15.6 Å². The largest absolute Gasteiger partial charge is 0.471 e. The molecule has 1 unspecified atom stereocenters. The molecule has 1 atom stereocenters. The summed E-state index contributed by atoms with van der Waals surface area (Å²) in [6.45, 7) is 0.105. The van der Waals surface area contributed by atoms with Crippen LogP contribution in [0.5, 0.6) is 0 Å². The molecule has 0 aromatic heterocycles. The maximum atomic E-state index is 12.3. The number of nitro groups is 1. The lowest BCUT2D eigenvalue weighted by molar-refractivity contribution is -0.385. The topological polar surface area (TPSA) is 101 Å². The van der Waals surface area contributed by atoms with Crippen molar-refractivity contribution >= 4 is 34.8 Å². The van der Waals surface area contributed by atoms with E-state index >= 15 is 0 Å². The molecular formula is C12H9ClF3N3O4. The number of rotatable bonds is 3. The molecule has 1 aromatic carbocycles. The Hall–Kier alpha value is -2.36. The van der Waals surface area contributed by atoms with Crippen LogP contribution < -0.4 is 10.6 Å². The van der Waals surface area contributed by atoms with Crippen molar-refractivity contribution in [3.8, 4) is 0 Å². The first-order chi connectivity index (χ1) is 10.6. The fraction of sp³-hybridized carbons (Fsp3) is 0.333. The number of nitrogens with zero attached hydrogens (tertiary/aromatic N) is 1. The molecule has 0 radical (unpaired) electrons. The van der Waals surface area contributed by atoms with Crippen LogP contribution in [-0.2, 0) is 9.59 Å². The lowest BCUT2D eigenvalue weighted by Crippen LogP contribution is -2.30. The molecule has 0 saturated carbocycles. The molecule has 23 heavy (non-hydrogen) atoms. The number of nitrogens with one attached hydrogen (secondary N) is 2. The maximum absolute atomic E-state index is 12.3. The monoisotopic (exact) mass is 351 g/mol. The highest BCUT2D eigenvalue weighted by Crippen LogP contribution is 2.37. The number of hydrogen-bond acceptors (Lipinski definition) is 4. The molecule has 2 amide bonds. The SMILES string of the molecule is O=C1CC(c2cc(NC(=O)C(F)(F)F)c(Cl)cc2[N+](=O)[O-])CN1. The molecule has 1 saturated heterocycles. The van der Waals surface area contributed by atoms with Gasteiger partial charge in [-0.25, -0.2) is 0 Å². The first-order valence-electron chi connectivity index (χ1n) is 6.22. The first kappa shape index (κ1) is 17.0. The van der Waals surface area contributed by atoms with Crippen LogP contribution in [0.4, 0.5) is 24.5 Å². The number of benzene rings is 1. The Morgan fingerprint density at radius 3 is 2.57 bits per heavy atom. The van der Waals surface area contributed by atoms with E-state index in [0.717, 1.165) is 12.1 Å². The quantitative estimate of drug-likeness (QED) is 0.644. The molecule has 0 aliphatic carbocycles. The number of carbonyl (C=O) groups is 2. The summed E-state index contributed by atoms with van der Waals surface area (Å²) < 4.78 is 36.9. The summed E-state index contributed by atoms with van der Waals surface area (Å²) in [6, 6.07) is 1.85. The second-order valence-corrected chi connectivity index (χ2v) is 5.21. The van der Waals surface area contributed by atoms with Gasteiger partial charge < -0.3 is 10.6 Å². The summed E-state index contributed by atoms with van der Waals surface area (Å²) in [7, 11) is 0. The van der Waals surface area contributed by atoms with Crippen molar-refractivity contribution in [2.24, 2.45) is 0 Å². The van der Waals surface area contributed by atoms with Gasteiger partial charge in [-0.2, -0.15) is 13.2 Å². The Bertz CT molecular complexity index is 693. The van der Waals surface area contributed by atoms with Gasteiger partial charge in [0.25, 0.3) is 5.69 Å². The fourth-order valence-electron chi connectivity index (χ4n) is 2.18. The molecule has 1 aromatic rings. The second kappa shape index (κ2) is 6.03. The van der Waals surface area contributed by atoms with Crippen molar-refractivity contribution in [1.82, 2.24) is 5.32 Å². The van der Waals surface area contributed by atoms with E-state index in [2.05, 4.69) is 5.32 Å². The number of anilines is 1. The highest BCUT2D eigenvalue weighted by Gasteiger charge is 2.39. The van der Waals surface area contributed by atoms with Crippen LogP contribution in [0.2, 0.25) is 5.02 Å². The number of alkyl halides is 3. The predicted molar refractivity (Wildman–Crippen MR) is 73.2 cm³/mol. The fourth-order valence-corrected chi connectivity index (χ4v) is 2.38. The van der Waals surface area contributed by atoms with E-state index in [9.17, 15) is 32.9 Å². The van der Waals surface area contributed by atoms with E-state index in [1.807, 2.05) is 0 Å². The average molecular weight is 352 g/mol. The zero-order valence-electron chi connectivity index (χ0n) is 11.2. The van der Waals surface area contributed by atoms with E-state index in [1.54, 1.807) is 5.32 Å². The van der Waals surface area contributed by atoms with Gasteiger partial charge in [0.15, 0.2) is 0 Å². The van der Waals surface area contributed by atoms with Gasteiger partial charge in [-0.05, 0) is 6.07 Å². The minimum atomic E-state index is -5.13. The summed E-state index contributed by atoms with van der Waals surface area (Å²) in [6.07, 6.45) is -5.18. The summed E-state index contributed by atoms with van der Waals surface area (Å²) in [5.74, 6) is -3.18. The van der Waals surface area contributed by atoms with E-state index in [4.69, 9.17) is 11.6 Å². The molecule has 0 bridgehead atoms. The number of amides is 2. The lowest BCUT2D eigenvalue weighted by Gasteiger charge is -2.14. The second-order valence-electron chi connectivity index (χ2n) is 4.80. The van der Waals surface area contributed by atoms with E-state index in [0.29, 0.717) is 0 Å². The molecular weight excluding hydrogens is 343 g/mol. The van der Waals surface area contributed by atoms with Gasteiger partial charge in [-0.1, -0.05) is 11.6 Å². The minimum absolute atomic E-state index is 0.0234. The highest BCUT2D eigenvalue weighted by molar-refractivity contribution is 6.34. The third kappa shape index (κ3) is 3.70. The molecule has 0 spiro atoms. The van der Waals surface area contributed by atoms with Gasteiger partial charge >= 0.3 is 12.1 Å². The van der Waals surface area contributed by atoms with Crippen molar-refractivity contribution in [2.45, 2.75) is 18.5 Å². The molecule has 1 fully saturated rings. The van der Waals surface area contributed by atoms with Gasteiger partial charge in [0, 0.05) is 30.5 Å². The van der Waals surface area contributed by atoms with E-state index in [-0.39, 0.29) is 24.4 Å². The van der Waals surface area contributed by atoms with E-state index < -0.39 is 39.3 Å². The van der Waals surface area contributed by atoms with Crippen LogP contribution in [0.1, 0.15) is 17.9 Å². The van der Waals surface area contributed by atoms with Crippen LogP contribution >= 0.6 is 11.6 Å². The summed E-state index contributed by atoms with van der Waals surface area (Å²) in [5, 5.41) is 14.7. The van der Waals surface area contributed by atoms with Crippen LogP contribution in [-0.4, -0.2) is 29.5 Å². The van der Waals surface area contributed by atoms with Crippen LogP contribution in [0.3, 0.4) is 0 Å². The summed E-state index contributed by atoms with van der Waals surface area (Å²) >= 11 is 5.71. The van der Waals surface area contributed by atoms with Crippen LogP contribution in [0, 0.1) is 10.1 Å². The Kier molecular flexibility index (Phi) is 4.46. The van der Waals surface area contributed by atoms with Gasteiger partial charge in [-0.3, -0.25) is 19.7 Å². The van der Waals surface area contributed by atoms with Gasteiger partial charge in [0.2, 0.25) is 5.91 Å². The van der Waals surface area contributed by atoms with Crippen molar-refractivity contribution in [3.05, 3.63) is 32.8 Å². The molecule has 2 N–H and O–H groups in total. The molecule has 1 aliphatic heterocycles. The number of hydrogen-bond donors (Lipinski definition) is 2. The van der Waals surface area contributed by atoms with Crippen molar-refractivity contribution in [2.75, 3.05) is 11.9 Å².